The number of alkyl halides is 3. The van der Waals surface area contributed by atoms with E-state index in [1.54, 1.807) is 31.2 Å². The molecule has 10 heteroatoms. The molecule has 0 aliphatic heterocycles. The molecule has 3 aromatic carbocycles. The van der Waals surface area contributed by atoms with E-state index in [-0.39, 0.29) is 16.3 Å². The Morgan fingerprint density at radius 3 is 2.24 bits per heavy atom. The van der Waals surface area contributed by atoms with Gasteiger partial charge in [0.15, 0.2) is 0 Å². The summed E-state index contributed by atoms with van der Waals surface area (Å²) in [5.41, 5.74) is 0.0964. The Morgan fingerprint density at radius 1 is 1.00 bits per heavy atom. The third-order valence-corrected chi connectivity index (χ3v) is 6.59. The molecule has 0 saturated carbocycles. The largest absolute Gasteiger partial charge is 0.494 e. The summed E-state index contributed by atoms with van der Waals surface area (Å²) in [6.07, 6.45) is -4.58. The lowest BCUT2D eigenvalue weighted by atomic mass is 10.2. The number of nitrogens with one attached hydrogen (secondary N) is 1. The van der Waals surface area contributed by atoms with Gasteiger partial charge in [0.05, 0.1) is 22.8 Å². The molecule has 180 valence electrons. The van der Waals surface area contributed by atoms with Crippen molar-refractivity contribution in [1.82, 2.24) is 0 Å². The Bertz CT molecular complexity index is 1240. The first-order chi connectivity index (χ1) is 16.0. The molecule has 0 fully saturated rings. The normalized spacial score (nSPS) is 11.7. The van der Waals surface area contributed by atoms with Gasteiger partial charge in [-0.15, -0.1) is 0 Å². The summed E-state index contributed by atoms with van der Waals surface area (Å²) in [7, 11) is -4.18. The molecule has 0 atom stereocenters. The third kappa shape index (κ3) is 6.07. The van der Waals surface area contributed by atoms with Crippen LogP contribution in [-0.4, -0.2) is 27.5 Å². The van der Waals surface area contributed by atoms with Gasteiger partial charge in [-0.2, -0.15) is 13.2 Å². The third-order valence-electron chi connectivity index (χ3n) is 4.81. The van der Waals surface area contributed by atoms with Gasteiger partial charge in [-0.3, -0.25) is 9.10 Å². The zero-order chi connectivity index (χ0) is 24.9. The van der Waals surface area contributed by atoms with Crippen molar-refractivity contribution >= 4 is 27.3 Å². The van der Waals surface area contributed by atoms with Gasteiger partial charge in [0, 0.05) is 5.69 Å². The number of benzene rings is 3. The van der Waals surface area contributed by atoms with E-state index >= 15 is 0 Å². The molecule has 0 heterocycles. The van der Waals surface area contributed by atoms with Crippen LogP contribution in [0.25, 0.3) is 0 Å². The zero-order valence-electron chi connectivity index (χ0n) is 18.5. The minimum Gasteiger partial charge on any atom is -0.494 e. The van der Waals surface area contributed by atoms with E-state index in [0.29, 0.717) is 12.4 Å². The van der Waals surface area contributed by atoms with Crippen molar-refractivity contribution in [2.75, 3.05) is 22.8 Å². The maximum absolute atomic E-state index is 13.4. The summed E-state index contributed by atoms with van der Waals surface area (Å²) >= 11 is 0. The van der Waals surface area contributed by atoms with Crippen molar-refractivity contribution in [3.63, 3.8) is 0 Å². The lowest BCUT2D eigenvalue weighted by Crippen LogP contribution is -2.38. The summed E-state index contributed by atoms with van der Waals surface area (Å²) < 4.78 is 72.0. The van der Waals surface area contributed by atoms with E-state index in [4.69, 9.17) is 4.74 Å². The maximum Gasteiger partial charge on any atom is 0.416 e. The van der Waals surface area contributed by atoms with Crippen LogP contribution >= 0.6 is 0 Å². The van der Waals surface area contributed by atoms with Crippen LogP contribution in [0, 0.1) is 6.92 Å². The summed E-state index contributed by atoms with van der Waals surface area (Å²) in [6.45, 7) is 3.40. The number of anilines is 2. The van der Waals surface area contributed by atoms with Gasteiger partial charge in [-0.1, -0.05) is 23.8 Å². The fourth-order valence-electron chi connectivity index (χ4n) is 3.13. The second-order valence-electron chi connectivity index (χ2n) is 7.38. The minimum atomic E-state index is -4.58. The first-order valence-electron chi connectivity index (χ1n) is 10.3. The lowest BCUT2D eigenvalue weighted by molar-refractivity contribution is -0.137. The van der Waals surface area contributed by atoms with Gasteiger partial charge in [0.1, 0.15) is 12.3 Å². The Morgan fingerprint density at radius 2 is 1.65 bits per heavy atom. The highest BCUT2D eigenvalue weighted by molar-refractivity contribution is 7.92. The van der Waals surface area contributed by atoms with Gasteiger partial charge in [-0.25, -0.2) is 8.42 Å². The Kier molecular flexibility index (Phi) is 7.51. The van der Waals surface area contributed by atoms with Crippen molar-refractivity contribution in [2.24, 2.45) is 0 Å². The van der Waals surface area contributed by atoms with Crippen molar-refractivity contribution in [1.29, 1.82) is 0 Å². The molecule has 0 aliphatic carbocycles. The van der Waals surface area contributed by atoms with E-state index in [9.17, 15) is 26.4 Å². The number of hydrogen-bond acceptors (Lipinski definition) is 4. The molecule has 6 nitrogen and oxygen atoms in total. The molecule has 0 aliphatic rings. The molecule has 0 unspecified atom stereocenters. The first-order valence-corrected chi connectivity index (χ1v) is 11.7. The van der Waals surface area contributed by atoms with E-state index in [2.05, 4.69) is 5.32 Å². The highest BCUT2D eigenvalue weighted by Gasteiger charge is 2.31. The summed E-state index contributed by atoms with van der Waals surface area (Å²) in [6, 6.07) is 16.4. The van der Waals surface area contributed by atoms with E-state index in [0.717, 1.165) is 28.1 Å². The monoisotopic (exact) mass is 492 g/mol. The van der Waals surface area contributed by atoms with E-state index in [1.165, 1.54) is 30.3 Å². The van der Waals surface area contributed by atoms with Gasteiger partial charge in [-0.05, 0) is 68.4 Å². The second kappa shape index (κ2) is 10.2. The smallest absolute Gasteiger partial charge is 0.416 e. The van der Waals surface area contributed by atoms with Crippen LogP contribution in [0.4, 0.5) is 24.5 Å². The molecule has 0 bridgehead atoms. The zero-order valence-corrected chi connectivity index (χ0v) is 19.3. The number of ether oxygens (including phenoxy) is 1. The number of sulfonamides is 1. The second-order valence-corrected chi connectivity index (χ2v) is 9.24. The highest BCUT2D eigenvalue weighted by Crippen LogP contribution is 2.31. The van der Waals surface area contributed by atoms with Crippen molar-refractivity contribution in [2.45, 2.75) is 24.9 Å². The van der Waals surface area contributed by atoms with Gasteiger partial charge >= 0.3 is 6.18 Å². The number of aryl methyl sites for hydroxylation is 1. The number of carbonyl (C=O) groups is 1. The van der Waals surface area contributed by atoms with Crippen molar-refractivity contribution in [3.05, 3.63) is 83.9 Å². The van der Waals surface area contributed by atoms with Gasteiger partial charge < -0.3 is 10.1 Å². The average molecular weight is 493 g/mol. The number of rotatable bonds is 8. The Labute approximate surface area is 196 Å². The van der Waals surface area contributed by atoms with Crippen molar-refractivity contribution < 1.29 is 31.1 Å². The lowest BCUT2D eigenvalue weighted by Gasteiger charge is -2.24. The van der Waals surface area contributed by atoms with E-state index < -0.39 is 34.2 Å². The number of halogens is 3. The molecular formula is C24H23F3N2O4S. The van der Waals surface area contributed by atoms with Crippen molar-refractivity contribution in [3.8, 4) is 5.75 Å². The number of nitrogens with zero attached hydrogens (tertiary/aromatic N) is 1. The summed E-state index contributed by atoms with van der Waals surface area (Å²) in [5.74, 6) is -0.306. The van der Waals surface area contributed by atoms with E-state index in [1.807, 2.05) is 6.92 Å². The minimum absolute atomic E-state index is 0.0663. The number of hydrogen-bond donors (Lipinski definition) is 1. The molecule has 1 N–H and O–H groups in total. The van der Waals surface area contributed by atoms with Crippen LogP contribution in [0.2, 0.25) is 0 Å². The molecule has 3 rings (SSSR count). The molecule has 34 heavy (non-hydrogen) atoms. The summed E-state index contributed by atoms with van der Waals surface area (Å²) in [4.78, 5) is 12.7. The van der Waals surface area contributed by atoms with Gasteiger partial charge in [0.2, 0.25) is 5.91 Å². The average Bonchev–Trinajstić information content (AvgIpc) is 2.78. The molecule has 3 aromatic rings. The van der Waals surface area contributed by atoms with Gasteiger partial charge in [0.25, 0.3) is 10.0 Å². The van der Waals surface area contributed by atoms with Crippen LogP contribution in [0.3, 0.4) is 0 Å². The predicted molar refractivity (Wildman–Crippen MR) is 123 cm³/mol. The van der Waals surface area contributed by atoms with Crippen LogP contribution in [0.1, 0.15) is 18.1 Å². The maximum atomic E-state index is 13.4. The fourth-order valence-corrected chi connectivity index (χ4v) is 4.55. The Balaban J connectivity index is 1.91. The SMILES string of the molecule is CCOc1ccc(S(=O)(=O)N(CC(=O)Nc2cccc(C(F)(F)F)c2)c2ccc(C)cc2)cc1. The van der Waals surface area contributed by atoms with Crippen LogP contribution in [0.5, 0.6) is 5.75 Å². The predicted octanol–water partition coefficient (Wildman–Crippen LogP) is 5.25. The van der Waals surface area contributed by atoms with Crippen LogP contribution in [-0.2, 0) is 21.0 Å². The molecule has 0 radical (unpaired) electrons. The number of carbonyl (C=O) groups excluding carboxylic acids is 1. The quantitative estimate of drug-likeness (QED) is 0.466. The molecule has 0 spiro atoms. The molecular weight excluding hydrogens is 469 g/mol. The van der Waals surface area contributed by atoms with Crippen LogP contribution in [0.15, 0.2) is 77.7 Å². The fraction of sp³-hybridized carbons (Fsp3) is 0.208. The standard InChI is InChI=1S/C24H23F3N2O4S/c1-3-33-21-11-13-22(14-12-21)34(31,32)29(20-9-7-17(2)8-10-20)16-23(30)28-19-6-4-5-18(15-19)24(25,26)27/h4-15H,3,16H2,1-2H3,(H,28,30). The highest BCUT2D eigenvalue weighted by atomic mass is 32.2. The molecule has 1 amide bonds. The Hall–Kier alpha value is -3.53. The molecule has 0 saturated heterocycles. The molecule has 0 aromatic heterocycles. The number of amides is 1. The van der Waals surface area contributed by atoms with Crippen LogP contribution < -0.4 is 14.4 Å². The topological polar surface area (TPSA) is 75.7 Å². The summed E-state index contributed by atoms with van der Waals surface area (Å²) in [5, 5.41) is 2.35. The first kappa shape index (κ1) is 25.1.